The third kappa shape index (κ3) is 4.29. The minimum absolute atomic E-state index is 0.0919. The van der Waals surface area contributed by atoms with Gasteiger partial charge in [-0.3, -0.25) is 9.59 Å². The second-order valence-electron chi connectivity index (χ2n) is 6.12. The topological polar surface area (TPSA) is 42.3 Å². The fourth-order valence-corrected chi connectivity index (χ4v) is 2.65. The van der Waals surface area contributed by atoms with Crippen LogP contribution in [0, 0.1) is 0 Å². The molecule has 7 heteroatoms. The minimum atomic E-state index is -4.56. The molecule has 132 valence electrons. The van der Waals surface area contributed by atoms with Crippen LogP contribution in [0.4, 0.5) is 13.2 Å². The van der Waals surface area contributed by atoms with E-state index >= 15 is 0 Å². The summed E-state index contributed by atoms with van der Waals surface area (Å²) in [6.45, 7) is -0.00978. The van der Waals surface area contributed by atoms with E-state index < -0.39 is 23.8 Å². The highest BCUT2D eigenvalue weighted by molar-refractivity contribution is 5.76. The first-order valence-electron chi connectivity index (χ1n) is 7.95. The molecule has 0 N–H and O–H groups in total. The fourth-order valence-electron chi connectivity index (χ4n) is 2.65. The van der Waals surface area contributed by atoms with Crippen LogP contribution in [-0.4, -0.2) is 21.4 Å². The number of carbonyl (C=O) groups excluding carboxylic acids is 1. The van der Waals surface area contributed by atoms with E-state index in [-0.39, 0.29) is 11.9 Å². The van der Waals surface area contributed by atoms with E-state index in [0.717, 1.165) is 35.1 Å². The Labute approximate surface area is 142 Å². The molecular formula is C18H17F3N2O2. The number of alkyl halides is 3. The van der Waals surface area contributed by atoms with Crippen LogP contribution in [0.3, 0.4) is 0 Å². The van der Waals surface area contributed by atoms with Crippen molar-refractivity contribution in [1.82, 2.24) is 9.47 Å². The maximum absolute atomic E-state index is 12.8. The van der Waals surface area contributed by atoms with Gasteiger partial charge < -0.3 is 9.47 Å². The maximum Gasteiger partial charge on any atom is 0.417 e. The predicted molar refractivity (Wildman–Crippen MR) is 85.7 cm³/mol. The van der Waals surface area contributed by atoms with Crippen molar-refractivity contribution in [2.45, 2.75) is 38.1 Å². The summed E-state index contributed by atoms with van der Waals surface area (Å²) < 4.78 is 39.3. The van der Waals surface area contributed by atoms with Crippen LogP contribution in [0.1, 0.15) is 24.0 Å². The van der Waals surface area contributed by atoms with Crippen LogP contribution in [0.25, 0.3) is 0 Å². The Morgan fingerprint density at radius 2 is 1.80 bits per heavy atom. The number of halogens is 3. The van der Waals surface area contributed by atoms with E-state index in [9.17, 15) is 22.8 Å². The molecule has 1 aliphatic rings. The zero-order chi connectivity index (χ0) is 18.0. The molecule has 1 aromatic heterocycles. The zero-order valence-electron chi connectivity index (χ0n) is 13.4. The van der Waals surface area contributed by atoms with E-state index in [4.69, 9.17) is 0 Å². The highest BCUT2D eigenvalue weighted by Crippen LogP contribution is 2.29. The second kappa shape index (κ2) is 6.74. The van der Waals surface area contributed by atoms with Crippen LogP contribution in [-0.2, 0) is 24.1 Å². The summed E-state index contributed by atoms with van der Waals surface area (Å²) in [4.78, 5) is 26.1. The Morgan fingerprint density at radius 1 is 1.12 bits per heavy atom. The van der Waals surface area contributed by atoms with E-state index in [0.29, 0.717) is 12.7 Å². The number of carbonyl (C=O) groups is 1. The summed E-state index contributed by atoms with van der Waals surface area (Å²) >= 11 is 0. The van der Waals surface area contributed by atoms with Crippen molar-refractivity contribution in [2.24, 2.45) is 0 Å². The fraction of sp³-hybridized carbons (Fsp3) is 0.333. The standard InChI is InChI=1S/C18H17F3N2O2/c19-18(20,21)14-6-9-16(24)22(11-14)12-17(25)23(15-7-8-15)10-13-4-2-1-3-5-13/h1-6,9,11,15H,7-8,10,12H2. The monoisotopic (exact) mass is 350 g/mol. The largest absolute Gasteiger partial charge is 0.417 e. The first-order chi connectivity index (χ1) is 11.8. The molecule has 0 unspecified atom stereocenters. The van der Waals surface area contributed by atoms with Crippen molar-refractivity contribution < 1.29 is 18.0 Å². The highest BCUT2D eigenvalue weighted by atomic mass is 19.4. The molecule has 3 rings (SSSR count). The van der Waals surface area contributed by atoms with Crippen molar-refractivity contribution in [3.8, 4) is 0 Å². The number of hydrogen-bond donors (Lipinski definition) is 0. The molecule has 25 heavy (non-hydrogen) atoms. The Balaban J connectivity index is 1.79. The number of hydrogen-bond acceptors (Lipinski definition) is 2. The average molecular weight is 350 g/mol. The summed E-state index contributed by atoms with van der Waals surface area (Å²) in [6.07, 6.45) is -2.11. The maximum atomic E-state index is 12.8. The molecule has 1 aromatic carbocycles. The first kappa shape index (κ1) is 17.3. The molecule has 0 radical (unpaired) electrons. The Bertz CT molecular complexity index is 811. The van der Waals surface area contributed by atoms with Crippen molar-refractivity contribution in [1.29, 1.82) is 0 Å². The van der Waals surface area contributed by atoms with Gasteiger partial charge in [-0.2, -0.15) is 13.2 Å². The number of benzene rings is 1. The van der Waals surface area contributed by atoms with Crippen molar-refractivity contribution in [3.05, 3.63) is 70.1 Å². The van der Waals surface area contributed by atoms with Gasteiger partial charge in [0.2, 0.25) is 5.91 Å². The molecule has 2 aromatic rings. The minimum Gasteiger partial charge on any atom is -0.334 e. The van der Waals surface area contributed by atoms with Gasteiger partial charge in [-0.25, -0.2) is 0 Å². The number of pyridine rings is 1. The van der Waals surface area contributed by atoms with Crippen molar-refractivity contribution in [2.75, 3.05) is 0 Å². The number of nitrogens with zero attached hydrogens (tertiary/aromatic N) is 2. The lowest BCUT2D eigenvalue weighted by Gasteiger charge is -2.23. The smallest absolute Gasteiger partial charge is 0.334 e. The third-order valence-electron chi connectivity index (χ3n) is 4.12. The van der Waals surface area contributed by atoms with E-state index in [1.807, 2.05) is 30.3 Å². The van der Waals surface area contributed by atoms with Crippen molar-refractivity contribution in [3.63, 3.8) is 0 Å². The second-order valence-corrected chi connectivity index (χ2v) is 6.12. The average Bonchev–Trinajstić information content (AvgIpc) is 3.39. The SMILES string of the molecule is O=C(Cn1cc(C(F)(F)F)ccc1=O)N(Cc1ccccc1)C1CC1. The van der Waals surface area contributed by atoms with Crippen LogP contribution in [0.5, 0.6) is 0 Å². The molecule has 4 nitrogen and oxygen atoms in total. The number of aromatic nitrogens is 1. The van der Waals surface area contributed by atoms with Crippen molar-refractivity contribution >= 4 is 5.91 Å². The molecule has 0 atom stereocenters. The van der Waals surface area contributed by atoms with Crippen LogP contribution < -0.4 is 5.56 Å². The van der Waals surface area contributed by atoms with Gasteiger partial charge in [-0.1, -0.05) is 30.3 Å². The summed E-state index contributed by atoms with van der Waals surface area (Å²) in [7, 11) is 0. The normalized spacial score (nSPS) is 14.4. The first-order valence-corrected chi connectivity index (χ1v) is 7.95. The lowest BCUT2D eigenvalue weighted by Crippen LogP contribution is -2.37. The molecule has 1 saturated carbocycles. The summed E-state index contributed by atoms with van der Waals surface area (Å²) in [6, 6.07) is 11.0. The quantitative estimate of drug-likeness (QED) is 0.832. The van der Waals surface area contributed by atoms with Gasteiger partial charge in [0, 0.05) is 24.8 Å². The van der Waals surface area contributed by atoms with Gasteiger partial charge in [-0.15, -0.1) is 0 Å². The molecular weight excluding hydrogens is 333 g/mol. The number of amides is 1. The molecule has 0 bridgehead atoms. The third-order valence-corrected chi connectivity index (χ3v) is 4.12. The van der Waals surface area contributed by atoms with Gasteiger partial charge in [0.1, 0.15) is 6.54 Å². The van der Waals surface area contributed by atoms with E-state index in [1.54, 1.807) is 4.90 Å². The van der Waals surface area contributed by atoms with Gasteiger partial charge >= 0.3 is 6.18 Å². The molecule has 0 aliphatic heterocycles. The zero-order valence-corrected chi connectivity index (χ0v) is 13.4. The molecule has 1 aliphatic carbocycles. The lowest BCUT2D eigenvalue weighted by molar-refractivity contribution is -0.139. The van der Waals surface area contributed by atoms with E-state index in [2.05, 4.69) is 0 Å². The van der Waals surface area contributed by atoms with Crippen LogP contribution >= 0.6 is 0 Å². The predicted octanol–water partition coefficient (Wildman–Crippen LogP) is 3.06. The van der Waals surface area contributed by atoms with Crippen LogP contribution in [0.15, 0.2) is 53.5 Å². The van der Waals surface area contributed by atoms with Crippen LogP contribution in [0.2, 0.25) is 0 Å². The lowest BCUT2D eigenvalue weighted by atomic mass is 10.2. The number of rotatable bonds is 5. The van der Waals surface area contributed by atoms with Gasteiger partial charge in [-0.05, 0) is 24.5 Å². The molecule has 1 heterocycles. The Kier molecular flexibility index (Phi) is 4.65. The van der Waals surface area contributed by atoms with Gasteiger partial charge in [0.05, 0.1) is 5.56 Å². The van der Waals surface area contributed by atoms with Gasteiger partial charge in [0.25, 0.3) is 5.56 Å². The summed E-state index contributed by atoms with van der Waals surface area (Å²) in [5.74, 6) is -0.354. The molecule has 0 saturated heterocycles. The summed E-state index contributed by atoms with van der Waals surface area (Å²) in [5.41, 5.74) is -0.628. The molecule has 0 spiro atoms. The van der Waals surface area contributed by atoms with Gasteiger partial charge in [0.15, 0.2) is 0 Å². The molecule has 1 fully saturated rings. The van der Waals surface area contributed by atoms with E-state index in [1.165, 1.54) is 0 Å². The Morgan fingerprint density at radius 3 is 2.40 bits per heavy atom. The summed E-state index contributed by atoms with van der Waals surface area (Å²) in [5, 5.41) is 0. The highest BCUT2D eigenvalue weighted by Gasteiger charge is 2.34. The Hall–Kier alpha value is -2.57. The molecule has 1 amide bonds.